The number of alkyl halides is 1. The number of fused-ring (bicyclic) bond motifs is 2. The van der Waals surface area contributed by atoms with E-state index < -0.39 is 6.67 Å². The Kier molecular flexibility index (Phi) is 4.21. The van der Waals surface area contributed by atoms with E-state index >= 15 is 0 Å². The molecule has 0 radical (unpaired) electrons. The smallest absolute Gasteiger partial charge is 0.257 e. The molecule has 1 N–H and O–H groups in total. The molecule has 2 aromatic rings. The van der Waals surface area contributed by atoms with Crippen molar-refractivity contribution >= 4 is 23.5 Å². The van der Waals surface area contributed by atoms with E-state index in [0.29, 0.717) is 40.8 Å². The van der Waals surface area contributed by atoms with Crippen molar-refractivity contribution in [3.8, 4) is 6.07 Å². The number of hydrogen-bond acceptors (Lipinski definition) is 5. The van der Waals surface area contributed by atoms with Crippen molar-refractivity contribution in [2.24, 2.45) is 0 Å². The van der Waals surface area contributed by atoms with E-state index in [1.807, 2.05) is 6.07 Å². The van der Waals surface area contributed by atoms with Crippen LogP contribution in [0.5, 0.6) is 0 Å². The normalized spacial score (nSPS) is 17.8. The second-order valence-electron chi connectivity index (χ2n) is 6.42. The van der Waals surface area contributed by atoms with E-state index in [1.54, 1.807) is 6.07 Å². The molecule has 4 rings (SSSR count). The molecule has 0 bridgehead atoms. The molecule has 132 valence electrons. The first kappa shape index (κ1) is 16.7. The molecule has 8 heteroatoms. The van der Waals surface area contributed by atoms with Crippen LogP contribution in [-0.2, 0) is 19.4 Å². The number of aromatic nitrogens is 2. The molecule has 0 fully saturated rings. The summed E-state index contributed by atoms with van der Waals surface area (Å²) in [7, 11) is 0. The van der Waals surface area contributed by atoms with Crippen molar-refractivity contribution in [2.75, 3.05) is 18.5 Å². The first-order chi connectivity index (χ1) is 12.6. The number of nitrogens with one attached hydrogen (secondary N) is 1. The molecule has 1 aromatic heterocycles. The van der Waals surface area contributed by atoms with Crippen molar-refractivity contribution in [1.82, 2.24) is 14.9 Å². The summed E-state index contributed by atoms with van der Waals surface area (Å²) in [6.45, 7) is -0.218. The summed E-state index contributed by atoms with van der Waals surface area (Å²) in [6.07, 6.45) is 2.89. The molecule has 1 atom stereocenters. The maximum Gasteiger partial charge on any atom is 0.257 e. The molecule has 1 amide bonds. The van der Waals surface area contributed by atoms with E-state index in [0.717, 1.165) is 17.5 Å². The Morgan fingerprint density at radius 1 is 1.42 bits per heavy atom. The molecule has 1 aliphatic heterocycles. The largest absolute Gasteiger partial charge is 0.351 e. The van der Waals surface area contributed by atoms with Crippen molar-refractivity contribution in [2.45, 2.75) is 25.4 Å². The minimum atomic E-state index is -0.581. The minimum Gasteiger partial charge on any atom is -0.351 e. The lowest BCUT2D eigenvalue weighted by Gasteiger charge is -2.12. The van der Waals surface area contributed by atoms with Gasteiger partial charge in [-0.2, -0.15) is 5.26 Å². The number of rotatable bonds is 4. The summed E-state index contributed by atoms with van der Waals surface area (Å²) in [5.74, 6) is 0.201. The summed E-state index contributed by atoms with van der Waals surface area (Å²) in [5, 5.41) is 13.1. The standard InChI is InChI=1S/C18H15ClFN5O/c19-12-3-10-5-13(6-14(10)11(4-12)7-21)23-18-22-8-15-16(24-18)9-25(2-1-20)17(15)26/h3-4,8,13H,1-2,5-6,9H2,(H,22,23,24). The molecular formula is C18H15ClFN5O. The molecule has 6 nitrogen and oxygen atoms in total. The second-order valence-corrected chi connectivity index (χ2v) is 6.86. The molecule has 2 aliphatic rings. The van der Waals surface area contributed by atoms with Crippen LogP contribution in [-0.4, -0.2) is 40.0 Å². The average molecular weight is 372 g/mol. The number of carbonyl (C=O) groups excluding carboxylic acids is 1. The van der Waals surface area contributed by atoms with E-state index in [9.17, 15) is 14.4 Å². The first-order valence-electron chi connectivity index (χ1n) is 8.28. The van der Waals surface area contributed by atoms with Crippen LogP contribution in [0, 0.1) is 11.3 Å². The van der Waals surface area contributed by atoms with Gasteiger partial charge in [-0.1, -0.05) is 11.6 Å². The van der Waals surface area contributed by atoms with Crippen LogP contribution < -0.4 is 5.32 Å². The maximum absolute atomic E-state index is 12.5. The highest BCUT2D eigenvalue weighted by Gasteiger charge is 2.30. The number of hydrogen-bond donors (Lipinski definition) is 1. The van der Waals surface area contributed by atoms with Gasteiger partial charge in [0.1, 0.15) is 6.67 Å². The quantitative estimate of drug-likeness (QED) is 0.893. The van der Waals surface area contributed by atoms with Gasteiger partial charge in [-0.25, -0.2) is 14.4 Å². The fraction of sp³-hybridized carbons (Fsp3) is 0.333. The van der Waals surface area contributed by atoms with Crippen molar-refractivity contribution in [3.63, 3.8) is 0 Å². The Hall–Kier alpha value is -2.72. The number of carbonyl (C=O) groups is 1. The number of nitriles is 1. The summed E-state index contributed by atoms with van der Waals surface area (Å²) in [5.41, 5.74) is 3.69. The van der Waals surface area contributed by atoms with Gasteiger partial charge >= 0.3 is 0 Å². The van der Waals surface area contributed by atoms with Gasteiger partial charge < -0.3 is 10.2 Å². The Bertz CT molecular complexity index is 942. The van der Waals surface area contributed by atoms with Crippen LogP contribution in [0.25, 0.3) is 0 Å². The van der Waals surface area contributed by atoms with Crippen LogP contribution in [0.4, 0.5) is 10.3 Å². The minimum absolute atomic E-state index is 0.0488. The van der Waals surface area contributed by atoms with Crippen LogP contribution >= 0.6 is 11.6 Å². The molecule has 0 saturated heterocycles. The lowest BCUT2D eigenvalue weighted by atomic mass is 10.0. The zero-order valence-corrected chi connectivity index (χ0v) is 14.6. The summed E-state index contributed by atoms with van der Waals surface area (Å²) in [4.78, 5) is 22.2. The third kappa shape index (κ3) is 2.86. The molecule has 1 aliphatic carbocycles. The van der Waals surface area contributed by atoms with Gasteiger partial charge in [0.05, 0.1) is 29.4 Å². The van der Waals surface area contributed by atoms with E-state index in [4.69, 9.17) is 11.6 Å². The van der Waals surface area contributed by atoms with Crippen molar-refractivity contribution < 1.29 is 9.18 Å². The fourth-order valence-electron chi connectivity index (χ4n) is 3.58. The number of benzene rings is 1. The average Bonchev–Trinajstić information content (AvgIpc) is 3.15. The van der Waals surface area contributed by atoms with Gasteiger partial charge in [0.25, 0.3) is 5.91 Å². The SMILES string of the molecule is N#Cc1cc(Cl)cc2c1CC(Nc1ncc3c(n1)CN(CCF)C3=O)C2. The predicted molar refractivity (Wildman–Crippen MR) is 93.7 cm³/mol. The lowest BCUT2D eigenvalue weighted by molar-refractivity contribution is 0.0767. The molecule has 1 unspecified atom stereocenters. The Labute approximate surface area is 154 Å². The van der Waals surface area contributed by atoms with Gasteiger partial charge in [-0.05, 0) is 36.1 Å². The molecule has 1 aromatic carbocycles. The number of amides is 1. The van der Waals surface area contributed by atoms with Crippen LogP contribution in [0.2, 0.25) is 5.02 Å². The summed E-state index contributed by atoms with van der Waals surface area (Å²) >= 11 is 6.07. The lowest BCUT2D eigenvalue weighted by Crippen LogP contribution is -2.26. The van der Waals surface area contributed by atoms with Gasteiger partial charge in [-0.15, -0.1) is 0 Å². The topological polar surface area (TPSA) is 81.9 Å². The highest BCUT2D eigenvalue weighted by Crippen LogP contribution is 2.30. The van der Waals surface area contributed by atoms with Gasteiger partial charge in [-0.3, -0.25) is 4.79 Å². The number of halogens is 2. The Morgan fingerprint density at radius 2 is 2.27 bits per heavy atom. The number of anilines is 1. The van der Waals surface area contributed by atoms with E-state index in [2.05, 4.69) is 21.4 Å². The van der Waals surface area contributed by atoms with E-state index in [-0.39, 0.29) is 18.5 Å². The monoisotopic (exact) mass is 371 g/mol. The first-order valence-corrected chi connectivity index (χ1v) is 8.66. The third-order valence-corrected chi connectivity index (χ3v) is 4.98. The van der Waals surface area contributed by atoms with Crippen molar-refractivity contribution in [3.05, 3.63) is 51.3 Å². The highest BCUT2D eigenvalue weighted by atomic mass is 35.5. The molecule has 2 heterocycles. The Morgan fingerprint density at radius 3 is 3.04 bits per heavy atom. The zero-order chi connectivity index (χ0) is 18.3. The highest BCUT2D eigenvalue weighted by molar-refractivity contribution is 6.30. The molecule has 0 spiro atoms. The third-order valence-electron chi connectivity index (χ3n) is 4.76. The number of nitrogens with zero attached hydrogens (tertiary/aromatic N) is 4. The molecular weight excluding hydrogens is 357 g/mol. The Balaban J connectivity index is 1.51. The van der Waals surface area contributed by atoms with Gasteiger partial charge in [0, 0.05) is 23.8 Å². The van der Waals surface area contributed by atoms with Gasteiger partial charge in [0.15, 0.2) is 0 Å². The summed E-state index contributed by atoms with van der Waals surface area (Å²) < 4.78 is 12.5. The van der Waals surface area contributed by atoms with Crippen LogP contribution in [0.3, 0.4) is 0 Å². The maximum atomic E-state index is 12.5. The van der Waals surface area contributed by atoms with Crippen molar-refractivity contribution in [1.29, 1.82) is 5.26 Å². The predicted octanol–water partition coefficient (Wildman–Crippen LogP) is 2.51. The zero-order valence-electron chi connectivity index (χ0n) is 13.8. The second kappa shape index (κ2) is 6.54. The van der Waals surface area contributed by atoms with Crippen LogP contribution in [0.15, 0.2) is 18.3 Å². The molecule has 26 heavy (non-hydrogen) atoms. The van der Waals surface area contributed by atoms with Gasteiger partial charge in [0.2, 0.25) is 5.95 Å². The molecule has 0 saturated carbocycles. The van der Waals surface area contributed by atoms with Crippen LogP contribution in [0.1, 0.15) is 32.7 Å². The summed E-state index contributed by atoms with van der Waals surface area (Å²) in [6, 6.07) is 5.81. The fourth-order valence-corrected chi connectivity index (χ4v) is 3.82. The van der Waals surface area contributed by atoms with E-state index in [1.165, 1.54) is 11.1 Å².